The van der Waals surface area contributed by atoms with Crippen LogP contribution in [0.5, 0.6) is 0 Å². The van der Waals surface area contributed by atoms with Gasteiger partial charge in [-0.3, -0.25) is 0 Å². The second-order valence-electron chi connectivity index (χ2n) is 4.99. The quantitative estimate of drug-likeness (QED) is 0.880. The van der Waals surface area contributed by atoms with Gasteiger partial charge in [-0.05, 0) is 35.7 Å². The standard InChI is InChI=1S/C16H15Cl2FO2/c17-12-6-5-11(15(19)7-12)8-16(9-20,10-21)13-3-1-2-4-14(13)18/h1-7,20-21H,8-10H2. The van der Waals surface area contributed by atoms with Crippen molar-refractivity contribution in [3.8, 4) is 0 Å². The van der Waals surface area contributed by atoms with E-state index in [1.165, 1.54) is 6.07 Å². The van der Waals surface area contributed by atoms with Crippen LogP contribution in [0.1, 0.15) is 11.1 Å². The first-order valence-electron chi connectivity index (χ1n) is 6.43. The van der Waals surface area contributed by atoms with Crippen LogP contribution in [0.25, 0.3) is 0 Å². The van der Waals surface area contributed by atoms with E-state index in [0.29, 0.717) is 21.2 Å². The molecule has 5 heteroatoms. The molecule has 2 aromatic rings. The maximum atomic E-state index is 14.0. The molecule has 0 atom stereocenters. The highest BCUT2D eigenvalue weighted by molar-refractivity contribution is 6.31. The minimum absolute atomic E-state index is 0.118. The predicted molar refractivity (Wildman–Crippen MR) is 82.4 cm³/mol. The first-order chi connectivity index (χ1) is 10.0. The maximum Gasteiger partial charge on any atom is 0.127 e. The Morgan fingerprint density at radius 1 is 1.00 bits per heavy atom. The van der Waals surface area contributed by atoms with E-state index in [2.05, 4.69) is 0 Å². The van der Waals surface area contributed by atoms with E-state index in [4.69, 9.17) is 23.2 Å². The Kier molecular flexibility index (Phi) is 5.22. The Morgan fingerprint density at radius 3 is 2.24 bits per heavy atom. The van der Waals surface area contributed by atoms with Crippen LogP contribution in [0.2, 0.25) is 10.0 Å². The van der Waals surface area contributed by atoms with Crippen LogP contribution in [0.3, 0.4) is 0 Å². The number of benzene rings is 2. The maximum absolute atomic E-state index is 14.0. The van der Waals surface area contributed by atoms with Gasteiger partial charge in [-0.25, -0.2) is 4.39 Å². The lowest BCUT2D eigenvalue weighted by molar-refractivity contribution is 0.115. The number of rotatable bonds is 5. The van der Waals surface area contributed by atoms with Gasteiger partial charge in [0.05, 0.1) is 13.2 Å². The summed E-state index contributed by atoms with van der Waals surface area (Å²) < 4.78 is 14.0. The smallest absolute Gasteiger partial charge is 0.127 e. The van der Waals surface area contributed by atoms with E-state index in [0.717, 1.165) is 0 Å². The van der Waals surface area contributed by atoms with E-state index >= 15 is 0 Å². The Bertz CT molecular complexity index is 627. The van der Waals surface area contributed by atoms with E-state index in [1.807, 2.05) is 0 Å². The Morgan fingerprint density at radius 2 is 1.67 bits per heavy atom. The molecule has 0 saturated heterocycles. The Labute approximate surface area is 132 Å². The lowest BCUT2D eigenvalue weighted by Gasteiger charge is -2.31. The third kappa shape index (κ3) is 3.38. The second kappa shape index (κ2) is 6.75. The lowest BCUT2D eigenvalue weighted by atomic mass is 9.76. The molecule has 0 heterocycles. The predicted octanol–water partition coefficient (Wildman–Crippen LogP) is 3.60. The van der Waals surface area contributed by atoms with E-state index in [1.54, 1.807) is 36.4 Å². The van der Waals surface area contributed by atoms with Gasteiger partial charge in [0.1, 0.15) is 5.82 Å². The summed E-state index contributed by atoms with van der Waals surface area (Å²) in [7, 11) is 0. The SMILES string of the molecule is OCC(CO)(Cc1ccc(Cl)cc1F)c1ccccc1Cl. The van der Waals surface area contributed by atoms with Crippen molar-refractivity contribution in [1.82, 2.24) is 0 Å². The fraction of sp³-hybridized carbons (Fsp3) is 0.250. The van der Waals surface area contributed by atoms with Gasteiger partial charge in [0, 0.05) is 15.5 Å². The van der Waals surface area contributed by atoms with Gasteiger partial charge in [-0.15, -0.1) is 0 Å². The molecule has 0 bridgehead atoms. The minimum Gasteiger partial charge on any atom is -0.395 e. The fourth-order valence-electron chi connectivity index (χ4n) is 2.35. The van der Waals surface area contributed by atoms with Crippen molar-refractivity contribution in [2.75, 3.05) is 13.2 Å². The van der Waals surface area contributed by atoms with E-state index in [9.17, 15) is 14.6 Å². The molecule has 0 aliphatic heterocycles. The summed E-state index contributed by atoms with van der Waals surface area (Å²) in [5.74, 6) is -0.471. The molecular weight excluding hydrogens is 314 g/mol. The molecule has 0 fully saturated rings. The van der Waals surface area contributed by atoms with Gasteiger partial charge in [0.15, 0.2) is 0 Å². The average molecular weight is 329 g/mol. The van der Waals surface area contributed by atoms with Crippen LogP contribution in [0.15, 0.2) is 42.5 Å². The summed E-state index contributed by atoms with van der Waals surface area (Å²) >= 11 is 11.9. The molecule has 0 aliphatic carbocycles. The molecule has 0 amide bonds. The molecule has 2 nitrogen and oxygen atoms in total. The summed E-state index contributed by atoms with van der Waals surface area (Å²) in [6.45, 7) is -0.704. The summed E-state index contributed by atoms with van der Waals surface area (Å²) in [5.41, 5.74) is -0.0963. The molecule has 0 saturated carbocycles. The molecule has 0 radical (unpaired) electrons. The van der Waals surface area contributed by atoms with Gasteiger partial charge in [-0.1, -0.05) is 47.5 Å². The highest BCUT2D eigenvalue weighted by Crippen LogP contribution is 2.34. The Hall–Kier alpha value is -1.13. The average Bonchev–Trinajstić information content (AvgIpc) is 2.48. The zero-order valence-electron chi connectivity index (χ0n) is 11.2. The largest absolute Gasteiger partial charge is 0.395 e. The summed E-state index contributed by atoms with van der Waals surface area (Å²) in [6, 6.07) is 11.3. The molecule has 112 valence electrons. The number of hydrogen-bond donors (Lipinski definition) is 2. The van der Waals surface area contributed by atoms with Crippen LogP contribution in [0.4, 0.5) is 4.39 Å². The van der Waals surface area contributed by atoms with Crippen molar-refractivity contribution < 1.29 is 14.6 Å². The van der Waals surface area contributed by atoms with Gasteiger partial charge in [0.25, 0.3) is 0 Å². The van der Waals surface area contributed by atoms with Crippen LogP contribution in [-0.2, 0) is 11.8 Å². The van der Waals surface area contributed by atoms with Gasteiger partial charge in [-0.2, -0.15) is 0 Å². The van der Waals surface area contributed by atoms with Crippen LogP contribution >= 0.6 is 23.2 Å². The molecule has 0 aliphatic rings. The zero-order valence-corrected chi connectivity index (χ0v) is 12.7. The third-order valence-electron chi connectivity index (χ3n) is 3.59. The summed E-state index contributed by atoms with van der Waals surface area (Å²) in [6.07, 6.45) is 0.118. The first-order valence-corrected chi connectivity index (χ1v) is 7.18. The highest BCUT2D eigenvalue weighted by Gasteiger charge is 2.34. The molecular formula is C16H15Cl2FO2. The number of hydrogen-bond acceptors (Lipinski definition) is 2. The Balaban J connectivity index is 2.46. The molecule has 21 heavy (non-hydrogen) atoms. The van der Waals surface area contributed by atoms with Crippen LogP contribution < -0.4 is 0 Å². The van der Waals surface area contributed by atoms with Gasteiger partial charge < -0.3 is 10.2 Å². The van der Waals surface area contributed by atoms with Crippen molar-refractivity contribution in [3.63, 3.8) is 0 Å². The minimum atomic E-state index is -1.05. The number of halogens is 3. The van der Waals surface area contributed by atoms with Crippen LogP contribution in [-0.4, -0.2) is 23.4 Å². The van der Waals surface area contributed by atoms with Crippen molar-refractivity contribution in [1.29, 1.82) is 0 Å². The molecule has 0 spiro atoms. The topological polar surface area (TPSA) is 40.5 Å². The van der Waals surface area contributed by atoms with Crippen molar-refractivity contribution >= 4 is 23.2 Å². The molecule has 0 unspecified atom stereocenters. The first kappa shape index (κ1) is 16.2. The van der Waals surface area contributed by atoms with Crippen molar-refractivity contribution in [2.24, 2.45) is 0 Å². The second-order valence-corrected chi connectivity index (χ2v) is 5.83. The van der Waals surface area contributed by atoms with E-state index < -0.39 is 11.2 Å². The molecule has 2 rings (SSSR count). The van der Waals surface area contributed by atoms with E-state index in [-0.39, 0.29) is 19.6 Å². The van der Waals surface area contributed by atoms with Gasteiger partial charge >= 0.3 is 0 Å². The molecule has 0 aromatic heterocycles. The number of aliphatic hydroxyl groups excluding tert-OH is 2. The summed E-state index contributed by atoms with van der Waals surface area (Å²) in [5, 5.41) is 20.3. The molecule has 2 aromatic carbocycles. The summed E-state index contributed by atoms with van der Waals surface area (Å²) in [4.78, 5) is 0. The molecule has 2 N–H and O–H groups in total. The lowest BCUT2D eigenvalue weighted by Crippen LogP contribution is -2.37. The zero-order chi connectivity index (χ0) is 15.5. The normalized spacial score (nSPS) is 11.7. The highest BCUT2D eigenvalue weighted by atomic mass is 35.5. The van der Waals surface area contributed by atoms with Crippen molar-refractivity contribution in [3.05, 3.63) is 69.5 Å². The van der Waals surface area contributed by atoms with Gasteiger partial charge in [0.2, 0.25) is 0 Å². The van der Waals surface area contributed by atoms with Crippen LogP contribution in [0, 0.1) is 5.82 Å². The third-order valence-corrected chi connectivity index (χ3v) is 4.16. The monoisotopic (exact) mass is 328 g/mol. The van der Waals surface area contributed by atoms with Crippen molar-refractivity contribution in [2.45, 2.75) is 11.8 Å². The number of aliphatic hydroxyl groups is 2. The fourth-order valence-corrected chi connectivity index (χ4v) is 2.84.